The lowest BCUT2D eigenvalue weighted by molar-refractivity contribution is 0.0431. The molecule has 0 unspecified atom stereocenters. The smallest absolute Gasteiger partial charge is 0.325 e. The van der Waals surface area contributed by atoms with E-state index in [2.05, 4.69) is 14.9 Å². The second kappa shape index (κ2) is 6.45. The molecule has 0 spiro atoms. The molecule has 2 aliphatic heterocycles. The first-order valence-corrected chi connectivity index (χ1v) is 7.59. The van der Waals surface area contributed by atoms with Crippen LogP contribution in [0.3, 0.4) is 0 Å². The number of nitrogens with zero attached hydrogens (tertiary/aromatic N) is 2. The van der Waals surface area contributed by atoms with E-state index in [0.29, 0.717) is 19.2 Å². The monoisotopic (exact) mass is 308 g/mol. The number of H-pyrrole nitrogens is 2. The summed E-state index contributed by atoms with van der Waals surface area (Å²) in [4.78, 5) is 43.3. The summed E-state index contributed by atoms with van der Waals surface area (Å²) in [5.74, 6) is -0.339. The summed E-state index contributed by atoms with van der Waals surface area (Å²) >= 11 is 0. The van der Waals surface area contributed by atoms with Gasteiger partial charge in [0, 0.05) is 45.5 Å². The molecule has 1 atom stereocenters. The van der Waals surface area contributed by atoms with Gasteiger partial charge in [0.1, 0.15) is 5.56 Å². The predicted octanol–water partition coefficient (Wildman–Crippen LogP) is -1.000. The fraction of sp³-hybridized carbons (Fsp3) is 0.643. The topological polar surface area (TPSA) is 98.5 Å². The van der Waals surface area contributed by atoms with Crippen molar-refractivity contribution in [2.24, 2.45) is 0 Å². The summed E-state index contributed by atoms with van der Waals surface area (Å²) in [6.45, 7) is 4.44. The van der Waals surface area contributed by atoms with Gasteiger partial charge in [-0.3, -0.25) is 19.5 Å². The molecule has 0 aromatic carbocycles. The molecule has 2 saturated heterocycles. The lowest BCUT2D eigenvalue weighted by Gasteiger charge is -2.35. The number of amides is 1. The Hall–Kier alpha value is -1.93. The molecule has 0 bridgehead atoms. The van der Waals surface area contributed by atoms with Crippen LogP contribution in [0.4, 0.5) is 0 Å². The molecule has 22 heavy (non-hydrogen) atoms. The molecule has 1 aromatic rings. The quantitative estimate of drug-likeness (QED) is 0.746. The van der Waals surface area contributed by atoms with Crippen molar-refractivity contribution in [3.63, 3.8) is 0 Å². The van der Waals surface area contributed by atoms with Crippen molar-refractivity contribution in [1.82, 2.24) is 19.8 Å². The van der Waals surface area contributed by atoms with Crippen molar-refractivity contribution in [3.05, 3.63) is 32.6 Å². The zero-order valence-electron chi connectivity index (χ0n) is 12.3. The van der Waals surface area contributed by atoms with Gasteiger partial charge in [-0.15, -0.1) is 0 Å². The number of hydrogen-bond donors (Lipinski definition) is 2. The zero-order valence-corrected chi connectivity index (χ0v) is 12.3. The molecule has 8 nitrogen and oxygen atoms in total. The van der Waals surface area contributed by atoms with Crippen LogP contribution in [0.25, 0.3) is 0 Å². The first-order chi connectivity index (χ1) is 10.6. The van der Waals surface area contributed by atoms with Gasteiger partial charge in [0.15, 0.2) is 0 Å². The summed E-state index contributed by atoms with van der Waals surface area (Å²) in [5.41, 5.74) is -1.27. The minimum absolute atomic E-state index is 0.0211. The minimum Gasteiger partial charge on any atom is -0.377 e. The number of rotatable bonds is 3. The highest BCUT2D eigenvalue weighted by atomic mass is 16.5. The Balaban J connectivity index is 1.57. The van der Waals surface area contributed by atoms with Crippen LogP contribution >= 0.6 is 0 Å². The van der Waals surface area contributed by atoms with Crippen LogP contribution in [0.5, 0.6) is 0 Å². The molecule has 8 heteroatoms. The van der Waals surface area contributed by atoms with Gasteiger partial charge in [-0.1, -0.05) is 0 Å². The van der Waals surface area contributed by atoms with Crippen molar-refractivity contribution < 1.29 is 9.53 Å². The first-order valence-electron chi connectivity index (χ1n) is 7.59. The molecule has 120 valence electrons. The molecular formula is C14H20N4O4. The highest BCUT2D eigenvalue weighted by Crippen LogP contribution is 2.14. The van der Waals surface area contributed by atoms with Gasteiger partial charge in [0.05, 0.1) is 6.10 Å². The molecule has 2 N–H and O–H groups in total. The molecule has 0 radical (unpaired) electrons. The van der Waals surface area contributed by atoms with Gasteiger partial charge in [0.25, 0.3) is 11.5 Å². The van der Waals surface area contributed by atoms with E-state index >= 15 is 0 Å². The van der Waals surface area contributed by atoms with Gasteiger partial charge < -0.3 is 14.6 Å². The molecule has 1 amide bonds. The second-order valence-corrected chi connectivity index (χ2v) is 5.71. The molecule has 3 heterocycles. The number of hydrogen-bond acceptors (Lipinski definition) is 5. The molecule has 1 aromatic heterocycles. The maximum absolute atomic E-state index is 12.3. The number of carbonyl (C=O) groups excluding carboxylic acids is 1. The molecular weight excluding hydrogens is 288 g/mol. The van der Waals surface area contributed by atoms with Gasteiger partial charge in [-0.25, -0.2) is 4.79 Å². The van der Waals surface area contributed by atoms with Gasteiger partial charge in [-0.05, 0) is 12.8 Å². The number of carbonyl (C=O) groups is 1. The van der Waals surface area contributed by atoms with Gasteiger partial charge in [-0.2, -0.15) is 0 Å². The number of aromatic nitrogens is 2. The van der Waals surface area contributed by atoms with E-state index in [1.807, 2.05) is 0 Å². The molecule has 2 fully saturated rings. The Morgan fingerprint density at radius 2 is 2.05 bits per heavy atom. The molecule has 3 rings (SSSR count). The third-order valence-corrected chi connectivity index (χ3v) is 4.20. The van der Waals surface area contributed by atoms with Crippen molar-refractivity contribution >= 4 is 5.91 Å². The van der Waals surface area contributed by atoms with Crippen molar-refractivity contribution in [2.45, 2.75) is 18.9 Å². The second-order valence-electron chi connectivity index (χ2n) is 5.71. The van der Waals surface area contributed by atoms with Crippen LogP contribution in [-0.4, -0.2) is 71.1 Å². The Bertz CT molecular complexity index is 639. The molecule has 0 saturated carbocycles. The summed E-state index contributed by atoms with van der Waals surface area (Å²) in [5, 5.41) is 0. The predicted molar refractivity (Wildman–Crippen MR) is 79.0 cm³/mol. The van der Waals surface area contributed by atoms with Gasteiger partial charge >= 0.3 is 5.69 Å². The van der Waals surface area contributed by atoms with E-state index in [1.54, 1.807) is 4.90 Å². The number of aromatic amines is 2. The number of piperazine rings is 1. The van der Waals surface area contributed by atoms with Crippen molar-refractivity contribution in [3.8, 4) is 0 Å². The maximum Gasteiger partial charge on any atom is 0.325 e. The normalized spacial score (nSPS) is 22.9. The number of ether oxygens (including phenoxy) is 1. The Morgan fingerprint density at radius 3 is 2.68 bits per heavy atom. The van der Waals surface area contributed by atoms with Crippen LogP contribution < -0.4 is 11.2 Å². The highest BCUT2D eigenvalue weighted by molar-refractivity contribution is 5.93. The summed E-state index contributed by atoms with van der Waals surface area (Å²) in [6.07, 6.45) is 3.72. The van der Waals surface area contributed by atoms with E-state index in [0.717, 1.165) is 39.1 Å². The van der Waals surface area contributed by atoms with E-state index in [1.165, 1.54) is 6.20 Å². The fourth-order valence-corrected chi connectivity index (χ4v) is 2.95. The zero-order chi connectivity index (χ0) is 15.5. The molecule has 0 aliphatic carbocycles. The number of nitrogens with one attached hydrogen (secondary N) is 2. The van der Waals surface area contributed by atoms with E-state index in [9.17, 15) is 14.4 Å². The van der Waals surface area contributed by atoms with Crippen molar-refractivity contribution in [1.29, 1.82) is 0 Å². The average molecular weight is 308 g/mol. The van der Waals surface area contributed by atoms with Crippen LogP contribution in [0, 0.1) is 0 Å². The largest absolute Gasteiger partial charge is 0.377 e. The fourth-order valence-electron chi connectivity index (χ4n) is 2.95. The van der Waals surface area contributed by atoms with Gasteiger partial charge in [0.2, 0.25) is 0 Å². The maximum atomic E-state index is 12.3. The van der Waals surface area contributed by atoms with E-state index < -0.39 is 11.2 Å². The SMILES string of the molecule is O=C(c1c[nH]c(=O)[nH]c1=O)N1CCN(C[C@H]2CCCO2)CC1. The van der Waals surface area contributed by atoms with Crippen LogP contribution in [-0.2, 0) is 4.74 Å². The van der Waals surface area contributed by atoms with E-state index in [-0.39, 0.29) is 11.5 Å². The van der Waals surface area contributed by atoms with Crippen LogP contribution in [0.1, 0.15) is 23.2 Å². The summed E-state index contributed by atoms with van der Waals surface area (Å²) in [6, 6.07) is 0. The standard InChI is InChI=1S/C14H20N4O4/c19-12-11(8-15-14(21)16-12)13(20)18-5-3-17(4-6-18)9-10-2-1-7-22-10/h8,10H,1-7,9H2,(H2,15,16,19,21)/t10-/m1/s1. The third kappa shape index (κ3) is 3.28. The third-order valence-electron chi connectivity index (χ3n) is 4.20. The minimum atomic E-state index is -0.643. The lowest BCUT2D eigenvalue weighted by atomic mass is 10.2. The summed E-state index contributed by atoms with van der Waals surface area (Å²) < 4.78 is 5.62. The average Bonchev–Trinajstić information content (AvgIpc) is 3.00. The lowest BCUT2D eigenvalue weighted by Crippen LogP contribution is -2.51. The highest BCUT2D eigenvalue weighted by Gasteiger charge is 2.26. The van der Waals surface area contributed by atoms with E-state index in [4.69, 9.17) is 4.74 Å². The van der Waals surface area contributed by atoms with Crippen LogP contribution in [0.15, 0.2) is 15.8 Å². The molecule has 2 aliphatic rings. The van der Waals surface area contributed by atoms with Crippen molar-refractivity contribution in [2.75, 3.05) is 39.3 Å². The summed E-state index contributed by atoms with van der Waals surface area (Å²) in [7, 11) is 0. The Labute approximate surface area is 127 Å². The Kier molecular flexibility index (Phi) is 4.39. The Morgan fingerprint density at radius 1 is 1.27 bits per heavy atom. The van der Waals surface area contributed by atoms with Crippen LogP contribution in [0.2, 0.25) is 0 Å². The first kappa shape index (κ1) is 15.0.